The quantitative estimate of drug-likeness (QED) is 0.437. The van der Waals surface area contributed by atoms with Crippen LogP contribution in [0.1, 0.15) is 44.7 Å². The van der Waals surface area contributed by atoms with Gasteiger partial charge in [0.25, 0.3) is 0 Å². The molecule has 36 heavy (non-hydrogen) atoms. The first-order valence-electron chi connectivity index (χ1n) is 12.2. The third-order valence-electron chi connectivity index (χ3n) is 5.84. The fourth-order valence-electron chi connectivity index (χ4n) is 3.68. The van der Waals surface area contributed by atoms with E-state index in [-0.39, 0.29) is 24.8 Å². The largest absolute Gasteiger partial charge is 0.497 e. The van der Waals surface area contributed by atoms with Crippen molar-refractivity contribution >= 4 is 27.5 Å². The molecule has 2 aromatic rings. The van der Waals surface area contributed by atoms with Gasteiger partial charge in [0, 0.05) is 26.1 Å². The molecule has 0 aliphatic heterocycles. The van der Waals surface area contributed by atoms with Crippen LogP contribution in [0, 0.1) is 12.8 Å². The Bertz CT molecular complexity index is 1100. The summed E-state index contributed by atoms with van der Waals surface area (Å²) in [6, 6.07) is 13.9. The molecule has 198 valence electrons. The third-order valence-corrected chi connectivity index (χ3v) is 7.03. The Balaban J connectivity index is 2.14. The molecule has 0 saturated heterocycles. The molecule has 0 radical (unpaired) electrons. The summed E-state index contributed by atoms with van der Waals surface area (Å²) in [5.41, 5.74) is 2.54. The maximum Gasteiger partial charge on any atom is 0.242 e. The Morgan fingerprint density at radius 1 is 1.00 bits per heavy atom. The number of hydrogen-bond acceptors (Lipinski definition) is 5. The van der Waals surface area contributed by atoms with Gasteiger partial charge in [-0.15, -0.1) is 0 Å². The molecule has 0 heterocycles. The first-order valence-corrected chi connectivity index (χ1v) is 14.0. The summed E-state index contributed by atoms with van der Waals surface area (Å²) in [4.78, 5) is 27.7. The molecule has 0 fully saturated rings. The molecular formula is C27H39N3O5S. The highest BCUT2D eigenvalue weighted by Crippen LogP contribution is 2.22. The third kappa shape index (κ3) is 8.86. The molecule has 0 aliphatic carbocycles. The van der Waals surface area contributed by atoms with Crippen molar-refractivity contribution in [3.63, 3.8) is 0 Å². The molecule has 0 spiro atoms. The second-order valence-corrected chi connectivity index (χ2v) is 11.4. The Morgan fingerprint density at radius 3 is 2.14 bits per heavy atom. The molecule has 2 rings (SSSR count). The predicted molar refractivity (Wildman–Crippen MR) is 143 cm³/mol. The van der Waals surface area contributed by atoms with E-state index < -0.39 is 16.1 Å². The van der Waals surface area contributed by atoms with Gasteiger partial charge in [0.05, 0.1) is 19.1 Å². The van der Waals surface area contributed by atoms with E-state index in [1.54, 1.807) is 43.2 Å². The fourth-order valence-corrected chi connectivity index (χ4v) is 4.64. The minimum atomic E-state index is -3.55. The minimum Gasteiger partial charge on any atom is -0.497 e. The molecule has 1 unspecified atom stereocenters. The summed E-state index contributed by atoms with van der Waals surface area (Å²) in [5.74, 6) is 0.507. The lowest BCUT2D eigenvalue weighted by Gasteiger charge is -2.29. The van der Waals surface area contributed by atoms with Gasteiger partial charge in [-0.2, -0.15) is 0 Å². The first-order chi connectivity index (χ1) is 16.9. The van der Waals surface area contributed by atoms with Gasteiger partial charge in [0.1, 0.15) is 11.8 Å². The topological polar surface area (TPSA) is 96.0 Å². The molecule has 2 aromatic carbocycles. The number of nitrogens with one attached hydrogen (secondary N) is 1. The van der Waals surface area contributed by atoms with Crippen LogP contribution < -0.4 is 14.4 Å². The number of carbonyl (C=O) groups is 2. The number of carbonyl (C=O) groups excluding carboxylic acids is 2. The number of ether oxygens (including phenoxy) is 1. The van der Waals surface area contributed by atoms with Crippen molar-refractivity contribution in [3.8, 4) is 5.75 Å². The lowest BCUT2D eigenvalue weighted by Crippen LogP contribution is -2.48. The SMILES string of the molecule is COc1ccc(N(CCCC(=O)N(Cc2ccc(C)cc2)C(C)C(=O)NCC(C)C)S(C)(=O)=O)cc1. The van der Waals surface area contributed by atoms with Gasteiger partial charge in [0.15, 0.2) is 0 Å². The zero-order chi connectivity index (χ0) is 26.9. The average molecular weight is 518 g/mol. The average Bonchev–Trinajstić information content (AvgIpc) is 2.83. The predicted octanol–water partition coefficient (Wildman–Crippen LogP) is 3.74. The van der Waals surface area contributed by atoms with Crippen LogP contribution in [0.5, 0.6) is 5.75 Å². The van der Waals surface area contributed by atoms with Crippen molar-refractivity contribution in [2.75, 3.05) is 30.8 Å². The zero-order valence-electron chi connectivity index (χ0n) is 22.2. The number of benzene rings is 2. The number of hydrogen-bond donors (Lipinski definition) is 1. The van der Waals surface area contributed by atoms with Crippen LogP contribution in [0.25, 0.3) is 0 Å². The van der Waals surface area contributed by atoms with E-state index in [0.717, 1.165) is 17.4 Å². The van der Waals surface area contributed by atoms with E-state index in [1.807, 2.05) is 45.0 Å². The van der Waals surface area contributed by atoms with Gasteiger partial charge in [-0.3, -0.25) is 13.9 Å². The molecule has 0 saturated carbocycles. The summed E-state index contributed by atoms with van der Waals surface area (Å²) in [7, 11) is -2.01. The van der Waals surface area contributed by atoms with Crippen molar-refractivity contribution in [1.82, 2.24) is 10.2 Å². The van der Waals surface area contributed by atoms with Gasteiger partial charge >= 0.3 is 0 Å². The number of sulfonamides is 1. The highest BCUT2D eigenvalue weighted by molar-refractivity contribution is 7.92. The highest BCUT2D eigenvalue weighted by Gasteiger charge is 2.26. The van der Waals surface area contributed by atoms with Crippen LogP contribution in [-0.2, 0) is 26.2 Å². The molecule has 0 aliphatic rings. The number of methoxy groups -OCH3 is 1. The van der Waals surface area contributed by atoms with E-state index >= 15 is 0 Å². The maximum absolute atomic E-state index is 13.3. The van der Waals surface area contributed by atoms with Crippen LogP contribution in [0.2, 0.25) is 0 Å². The van der Waals surface area contributed by atoms with Crippen molar-refractivity contribution in [1.29, 1.82) is 0 Å². The molecule has 1 atom stereocenters. The smallest absolute Gasteiger partial charge is 0.242 e. The van der Waals surface area contributed by atoms with Gasteiger partial charge < -0.3 is 15.0 Å². The van der Waals surface area contributed by atoms with Gasteiger partial charge in [-0.05, 0) is 56.0 Å². The van der Waals surface area contributed by atoms with Crippen molar-refractivity contribution in [3.05, 3.63) is 59.7 Å². The van der Waals surface area contributed by atoms with Gasteiger partial charge in [-0.25, -0.2) is 8.42 Å². The molecule has 9 heteroatoms. The van der Waals surface area contributed by atoms with Crippen molar-refractivity contribution < 1.29 is 22.7 Å². The molecule has 2 amide bonds. The lowest BCUT2D eigenvalue weighted by atomic mass is 10.1. The molecule has 0 bridgehead atoms. The number of rotatable bonds is 13. The van der Waals surface area contributed by atoms with Crippen molar-refractivity contribution in [2.24, 2.45) is 5.92 Å². The van der Waals surface area contributed by atoms with E-state index in [1.165, 1.54) is 4.31 Å². The highest BCUT2D eigenvalue weighted by atomic mass is 32.2. The van der Waals surface area contributed by atoms with Crippen LogP contribution in [0.4, 0.5) is 5.69 Å². The molecule has 1 N–H and O–H groups in total. The lowest BCUT2D eigenvalue weighted by molar-refractivity contribution is -0.140. The Labute approximate surface area is 215 Å². The van der Waals surface area contributed by atoms with Crippen LogP contribution in [-0.4, -0.2) is 57.6 Å². The van der Waals surface area contributed by atoms with Crippen LogP contribution in [0.15, 0.2) is 48.5 Å². The van der Waals surface area contributed by atoms with E-state index in [9.17, 15) is 18.0 Å². The van der Waals surface area contributed by atoms with E-state index in [0.29, 0.717) is 36.9 Å². The Morgan fingerprint density at radius 2 is 1.61 bits per heavy atom. The normalized spacial score (nSPS) is 12.2. The standard InChI is InChI=1S/C27H39N3O5S/c1-20(2)18-28-27(32)22(4)29(19-23-11-9-21(3)10-12-23)26(31)8-7-17-30(36(6,33)34)24-13-15-25(35-5)16-14-24/h9-16,20,22H,7-8,17-19H2,1-6H3,(H,28,32). The molecule has 0 aromatic heterocycles. The van der Waals surface area contributed by atoms with Gasteiger partial charge in [-0.1, -0.05) is 43.7 Å². The number of nitrogens with zero attached hydrogens (tertiary/aromatic N) is 2. The summed E-state index contributed by atoms with van der Waals surface area (Å²) < 4.78 is 31.3. The second-order valence-electron chi connectivity index (χ2n) is 9.46. The molecular weight excluding hydrogens is 478 g/mol. The maximum atomic E-state index is 13.3. The minimum absolute atomic E-state index is 0.107. The summed E-state index contributed by atoms with van der Waals surface area (Å²) >= 11 is 0. The number of aryl methyl sites for hydroxylation is 1. The summed E-state index contributed by atoms with van der Waals surface area (Å²) in [6.07, 6.45) is 1.56. The Kier molecular flexibility index (Phi) is 10.8. The first kappa shape index (κ1) is 29.2. The van der Waals surface area contributed by atoms with Crippen LogP contribution in [0.3, 0.4) is 0 Å². The van der Waals surface area contributed by atoms with Crippen LogP contribution >= 0.6 is 0 Å². The van der Waals surface area contributed by atoms with E-state index in [2.05, 4.69) is 5.32 Å². The van der Waals surface area contributed by atoms with E-state index in [4.69, 9.17) is 4.74 Å². The second kappa shape index (κ2) is 13.3. The zero-order valence-corrected chi connectivity index (χ0v) is 23.0. The fraction of sp³-hybridized carbons (Fsp3) is 0.481. The van der Waals surface area contributed by atoms with Gasteiger partial charge in [0.2, 0.25) is 21.8 Å². The number of amides is 2. The summed E-state index contributed by atoms with van der Waals surface area (Å²) in [6.45, 7) is 8.70. The van der Waals surface area contributed by atoms with Crippen molar-refractivity contribution in [2.45, 2.75) is 53.1 Å². The number of anilines is 1. The Hall–Kier alpha value is -3.07. The monoisotopic (exact) mass is 517 g/mol. The molecule has 8 nitrogen and oxygen atoms in total. The summed E-state index contributed by atoms with van der Waals surface area (Å²) in [5, 5.41) is 2.91.